The van der Waals surface area contributed by atoms with E-state index in [9.17, 15) is 0 Å². The quantitative estimate of drug-likeness (QED) is 0.171. The van der Waals surface area contributed by atoms with E-state index in [1.165, 1.54) is 111 Å². The van der Waals surface area contributed by atoms with Gasteiger partial charge in [-0.05, 0) is 124 Å². The second kappa shape index (κ2) is 14.4. The predicted octanol–water partition coefficient (Wildman–Crippen LogP) is 17.2. The molecule has 1 nitrogen and oxygen atoms in total. The van der Waals surface area contributed by atoms with Crippen LogP contribution in [0.3, 0.4) is 0 Å². The summed E-state index contributed by atoms with van der Waals surface area (Å²) in [6, 6.07) is 98.4. The van der Waals surface area contributed by atoms with Crippen molar-refractivity contribution in [2.24, 2.45) is 0 Å². The van der Waals surface area contributed by atoms with E-state index in [2.05, 4.69) is 266 Å². The summed E-state index contributed by atoms with van der Waals surface area (Å²) < 4.78 is 0. The predicted molar refractivity (Wildman–Crippen MR) is 285 cm³/mol. The molecule has 4 aliphatic rings. The number of para-hydroxylation sites is 1. The van der Waals surface area contributed by atoms with Gasteiger partial charge in [-0.3, -0.25) is 0 Å². The number of hydrogen-bond donors (Lipinski definition) is 0. The monoisotopic (exact) mass is 873 g/mol. The summed E-state index contributed by atoms with van der Waals surface area (Å²) >= 11 is 0. The largest absolute Gasteiger partial charge is 0.309 e. The standard InChI is InChI=1S/C68H43N/c1-2-22-44(23-3-1)69(63-42-20-40-61-65(63)53-32-12-18-38-59(53)67(61)55-34-14-8-28-49(55)45-24-4-5-25-46(45)50-29-9-15-35-56(50)67)64-43-21-41-62-66(64)54-33-13-19-39-60(54)68(62)57-36-16-10-30-51(57)47-26-6-7-27-48(47)52-31-11-17-37-58(52)68/h1-43H. The molecule has 11 aromatic carbocycles. The Balaban J connectivity index is 1.06. The van der Waals surface area contributed by atoms with Gasteiger partial charge in [0.2, 0.25) is 0 Å². The maximum Gasteiger partial charge on any atom is 0.0726 e. The van der Waals surface area contributed by atoms with E-state index in [0.717, 1.165) is 17.1 Å². The summed E-state index contributed by atoms with van der Waals surface area (Å²) in [5, 5.41) is 0. The third kappa shape index (κ3) is 4.89. The van der Waals surface area contributed by atoms with Gasteiger partial charge in [-0.15, -0.1) is 0 Å². The van der Waals surface area contributed by atoms with Crippen molar-refractivity contribution in [1.29, 1.82) is 0 Å². The van der Waals surface area contributed by atoms with E-state index in [1.807, 2.05) is 0 Å². The van der Waals surface area contributed by atoms with Gasteiger partial charge in [0, 0.05) is 16.8 Å². The molecule has 320 valence electrons. The van der Waals surface area contributed by atoms with Crippen molar-refractivity contribution in [2.75, 3.05) is 4.90 Å². The normalized spacial score (nSPS) is 14.0. The van der Waals surface area contributed by atoms with Crippen LogP contribution in [0.5, 0.6) is 0 Å². The zero-order valence-electron chi connectivity index (χ0n) is 37.8. The highest BCUT2D eigenvalue weighted by Gasteiger charge is 2.53. The number of rotatable bonds is 3. The van der Waals surface area contributed by atoms with Gasteiger partial charge in [-0.2, -0.15) is 0 Å². The van der Waals surface area contributed by atoms with Crippen molar-refractivity contribution in [2.45, 2.75) is 10.8 Å². The van der Waals surface area contributed by atoms with Crippen molar-refractivity contribution in [3.8, 4) is 66.8 Å². The molecule has 0 atom stereocenters. The average molecular weight is 874 g/mol. The average Bonchev–Trinajstić information content (AvgIpc) is 3.82. The molecule has 0 amide bonds. The Kier molecular flexibility index (Phi) is 7.98. The van der Waals surface area contributed by atoms with Gasteiger partial charge in [0.1, 0.15) is 0 Å². The fourth-order valence-electron chi connectivity index (χ4n) is 13.5. The molecule has 0 bridgehead atoms. The Hall–Kier alpha value is -8.78. The van der Waals surface area contributed by atoms with E-state index >= 15 is 0 Å². The van der Waals surface area contributed by atoms with E-state index in [-0.39, 0.29) is 0 Å². The van der Waals surface area contributed by atoms with E-state index < -0.39 is 10.8 Å². The fourth-order valence-corrected chi connectivity index (χ4v) is 13.5. The summed E-state index contributed by atoms with van der Waals surface area (Å²) in [4.78, 5) is 2.58. The molecular weight excluding hydrogens is 831 g/mol. The maximum atomic E-state index is 2.58. The van der Waals surface area contributed by atoms with Crippen LogP contribution in [0, 0.1) is 0 Å². The Bertz CT molecular complexity index is 3560. The van der Waals surface area contributed by atoms with Gasteiger partial charge in [-0.1, -0.05) is 237 Å². The highest BCUT2D eigenvalue weighted by Crippen LogP contribution is 2.66. The van der Waals surface area contributed by atoms with Crippen LogP contribution in [0.4, 0.5) is 17.1 Å². The zero-order valence-corrected chi connectivity index (χ0v) is 37.8. The molecule has 11 aromatic rings. The van der Waals surface area contributed by atoms with Crippen molar-refractivity contribution in [1.82, 2.24) is 0 Å². The molecule has 4 aliphatic carbocycles. The molecule has 0 unspecified atom stereocenters. The second-order valence-electron chi connectivity index (χ2n) is 18.9. The number of nitrogens with zero attached hydrogens (tertiary/aromatic N) is 1. The van der Waals surface area contributed by atoms with Gasteiger partial charge >= 0.3 is 0 Å². The lowest BCUT2D eigenvalue weighted by Crippen LogP contribution is -2.29. The minimum absolute atomic E-state index is 0.603. The number of fused-ring (bicyclic) bond motifs is 24. The summed E-state index contributed by atoms with van der Waals surface area (Å²) in [7, 11) is 0. The summed E-state index contributed by atoms with van der Waals surface area (Å²) in [5.41, 5.74) is 27.8. The Labute approximate surface area is 402 Å². The third-order valence-electron chi connectivity index (χ3n) is 15.9. The van der Waals surface area contributed by atoms with Crippen LogP contribution in [-0.4, -0.2) is 0 Å². The molecule has 0 saturated carbocycles. The topological polar surface area (TPSA) is 3.24 Å². The van der Waals surface area contributed by atoms with Gasteiger partial charge in [0.05, 0.1) is 22.2 Å². The van der Waals surface area contributed by atoms with Crippen LogP contribution in [0.2, 0.25) is 0 Å². The fraction of sp³-hybridized carbons (Fsp3) is 0.0294. The Morgan fingerprint density at radius 1 is 0.188 bits per heavy atom. The molecule has 1 heteroatoms. The van der Waals surface area contributed by atoms with Crippen molar-refractivity contribution < 1.29 is 0 Å². The molecule has 0 heterocycles. The molecule has 15 rings (SSSR count). The van der Waals surface area contributed by atoms with E-state index in [4.69, 9.17) is 0 Å². The van der Waals surface area contributed by atoms with Gasteiger partial charge in [-0.25, -0.2) is 0 Å². The minimum atomic E-state index is -0.603. The van der Waals surface area contributed by atoms with Crippen molar-refractivity contribution >= 4 is 17.1 Å². The maximum absolute atomic E-state index is 2.58. The molecule has 0 aliphatic heterocycles. The second-order valence-corrected chi connectivity index (χ2v) is 18.9. The lowest BCUT2D eigenvalue weighted by Gasteiger charge is -2.36. The zero-order chi connectivity index (χ0) is 45.3. The van der Waals surface area contributed by atoms with Crippen LogP contribution in [0.25, 0.3) is 66.8 Å². The van der Waals surface area contributed by atoms with Crippen molar-refractivity contribution in [3.05, 3.63) is 305 Å². The Morgan fingerprint density at radius 3 is 0.768 bits per heavy atom. The lowest BCUT2D eigenvalue weighted by molar-refractivity contribution is 0.775. The van der Waals surface area contributed by atoms with E-state index in [0.29, 0.717) is 0 Å². The SMILES string of the molecule is c1ccc(N(c2cccc3c2-c2ccccc2C32c3ccccc3-c3ccccc3-c3ccccc32)c2cccc3c2-c2ccccc2C32c3ccccc3-c3ccccc3-c3ccccc32)cc1. The van der Waals surface area contributed by atoms with Gasteiger partial charge in [0.15, 0.2) is 0 Å². The number of benzene rings is 11. The first-order valence-electron chi connectivity index (χ1n) is 24.2. The van der Waals surface area contributed by atoms with Crippen LogP contribution in [-0.2, 0) is 10.8 Å². The molecule has 0 saturated heterocycles. The van der Waals surface area contributed by atoms with Crippen LogP contribution < -0.4 is 4.90 Å². The first-order valence-corrected chi connectivity index (χ1v) is 24.2. The molecule has 0 fully saturated rings. The van der Waals surface area contributed by atoms with Gasteiger partial charge < -0.3 is 4.90 Å². The van der Waals surface area contributed by atoms with E-state index in [1.54, 1.807) is 0 Å². The molecule has 2 spiro atoms. The molecule has 0 radical (unpaired) electrons. The first-order chi connectivity index (χ1) is 34.3. The van der Waals surface area contributed by atoms with Crippen LogP contribution >= 0.6 is 0 Å². The van der Waals surface area contributed by atoms with Gasteiger partial charge in [0.25, 0.3) is 0 Å². The highest BCUT2D eigenvalue weighted by molar-refractivity contribution is 6.06. The third-order valence-corrected chi connectivity index (χ3v) is 15.9. The first kappa shape index (κ1) is 38.3. The van der Waals surface area contributed by atoms with Crippen LogP contribution in [0.1, 0.15) is 44.5 Å². The number of anilines is 3. The van der Waals surface area contributed by atoms with Crippen molar-refractivity contribution in [3.63, 3.8) is 0 Å². The number of hydrogen-bond acceptors (Lipinski definition) is 1. The summed E-state index contributed by atoms with van der Waals surface area (Å²) in [5.74, 6) is 0. The minimum Gasteiger partial charge on any atom is -0.309 e. The lowest BCUT2D eigenvalue weighted by atomic mass is 9.66. The summed E-state index contributed by atoms with van der Waals surface area (Å²) in [6.45, 7) is 0. The smallest absolute Gasteiger partial charge is 0.0726 e. The Morgan fingerprint density at radius 2 is 0.435 bits per heavy atom. The van der Waals surface area contributed by atoms with Crippen LogP contribution in [0.15, 0.2) is 261 Å². The molecule has 0 aromatic heterocycles. The molecule has 69 heavy (non-hydrogen) atoms. The highest BCUT2D eigenvalue weighted by atomic mass is 15.1. The molecule has 0 N–H and O–H groups in total. The summed E-state index contributed by atoms with van der Waals surface area (Å²) in [6.07, 6.45) is 0. The molecular formula is C68H43N.